The molecule has 4 atom stereocenters. The molecule has 10 aromatic rings. The summed E-state index contributed by atoms with van der Waals surface area (Å²) in [6.07, 6.45) is 12.9. The van der Waals surface area contributed by atoms with Crippen molar-refractivity contribution in [3.8, 4) is 33.8 Å². The summed E-state index contributed by atoms with van der Waals surface area (Å²) in [7, 11) is 1.07. The van der Waals surface area contributed by atoms with Crippen LogP contribution in [0.5, 0.6) is 11.5 Å². The number of benzene rings is 8. The highest BCUT2D eigenvalue weighted by Crippen LogP contribution is 2.32. The zero-order valence-electron chi connectivity index (χ0n) is 60.6. The van der Waals surface area contributed by atoms with Crippen molar-refractivity contribution in [1.82, 2.24) is 14.1 Å². The van der Waals surface area contributed by atoms with Gasteiger partial charge in [0.05, 0.1) is 57.9 Å². The van der Waals surface area contributed by atoms with Crippen LogP contribution >= 0.6 is 0 Å². The molecule has 0 aliphatic heterocycles. The van der Waals surface area contributed by atoms with Gasteiger partial charge in [-0.15, -0.1) is 0 Å². The minimum Gasteiger partial charge on any atom is -0.741 e. The Bertz CT molecular complexity index is 4410. The number of ether oxygens (including phenoxy) is 6. The van der Waals surface area contributed by atoms with Crippen LogP contribution in [0.4, 0.5) is 13.2 Å². The van der Waals surface area contributed by atoms with E-state index >= 15 is 0 Å². The average Bonchev–Trinajstić information content (AvgIpc) is 1.79. The Balaban J connectivity index is 0.000000248. The lowest BCUT2D eigenvalue weighted by atomic mass is 9.82. The number of alkyl halides is 3. The monoisotopic (exact) mass is 1460 g/mol. The van der Waals surface area contributed by atoms with Crippen molar-refractivity contribution in [2.45, 2.75) is 110 Å². The number of hydrogen-bond donors (Lipinski definition) is 1. The predicted octanol–water partition coefficient (Wildman–Crippen LogP) is 14.6. The Hall–Kier alpha value is -10.7. The summed E-state index contributed by atoms with van der Waals surface area (Å²) in [6.45, 7) is 12.0. The number of esters is 4. The second kappa shape index (κ2) is 38.7. The van der Waals surface area contributed by atoms with Gasteiger partial charge in [0.2, 0.25) is 6.33 Å². The number of hydrogen-bond acceptors (Lipinski definition) is 15. The van der Waals surface area contributed by atoms with Crippen LogP contribution in [0.1, 0.15) is 86.1 Å². The third-order valence-corrected chi connectivity index (χ3v) is 16.9. The van der Waals surface area contributed by atoms with Crippen LogP contribution in [0.3, 0.4) is 0 Å². The van der Waals surface area contributed by atoms with E-state index in [1.54, 1.807) is 26.7 Å². The van der Waals surface area contributed by atoms with Gasteiger partial charge in [-0.25, -0.2) is 22.5 Å². The summed E-state index contributed by atoms with van der Waals surface area (Å²) in [5, 5.41) is 9.35. The van der Waals surface area contributed by atoms with Crippen LogP contribution in [-0.4, -0.2) is 87.0 Å². The van der Waals surface area contributed by atoms with Gasteiger partial charge in [0, 0.05) is 19.4 Å². The zero-order valence-corrected chi connectivity index (χ0v) is 61.5. The fourth-order valence-corrected chi connectivity index (χ4v) is 10.9. The van der Waals surface area contributed by atoms with E-state index in [4.69, 9.17) is 41.4 Å². The molecule has 22 heteroatoms. The molecule has 2 heterocycles. The SMILES string of the molecule is COc1ccc(COC(=O)[C@H](Cc2ccccc2)[C@H](Cc2ccc(-c3ccc(CO)cc3)cc2)C(=O)OC(C)(C)C)cc1.COc1ccc(COC(=O)[C@H](Cc2ccccc2)[C@H](Cc2ccc(-c3ccc(Cn4cc[n+](C)c4)cc3)cc2)C(=O)OC(C)(C)C)cc1.Cn1ccnc1.O=S(=O)([O-])C(F)(F)F. The molecule has 18 nitrogen and oxygen atoms in total. The average molecular weight is 1460 g/mol. The fraction of sp³-hybridized carbons (Fsp3) is 0.301. The Labute approximate surface area is 612 Å². The Morgan fingerprint density at radius 1 is 0.486 bits per heavy atom. The van der Waals surface area contributed by atoms with Gasteiger partial charge in [-0.2, -0.15) is 13.2 Å². The third kappa shape index (κ3) is 27.5. The summed E-state index contributed by atoms with van der Waals surface area (Å²) in [5.41, 5.74) is 4.60. The predicted molar refractivity (Wildman–Crippen MR) is 392 cm³/mol. The van der Waals surface area contributed by atoms with Crippen LogP contribution < -0.4 is 14.0 Å². The van der Waals surface area contributed by atoms with Crippen molar-refractivity contribution in [1.29, 1.82) is 0 Å². The summed E-state index contributed by atoms with van der Waals surface area (Å²) in [6, 6.07) is 66.6. The van der Waals surface area contributed by atoms with Crippen molar-refractivity contribution < 1.29 is 83.4 Å². The number of halogens is 3. The molecule has 0 radical (unpaired) electrons. The summed E-state index contributed by atoms with van der Waals surface area (Å²) < 4.78 is 98.9. The van der Waals surface area contributed by atoms with Crippen molar-refractivity contribution in [3.63, 3.8) is 0 Å². The van der Waals surface area contributed by atoms with Gasteiger partial charge in [0.25, 0.3) is 0 Å². The van der Waals surface area contributed by atoms with Crippen LogP contribution in [0, 0.1) is 23.7 Å². The quantitative estimate of drug-likeness (QED) is 0.0184. The molecule has 0 bridgehead atoms. The minimum absolute atomic E-state index is 0.00203. The molecule has 0 saturated heterocycles. The molecular formula is C83H91F3N4O14S. The number of carbonyl (C=O) groups is 4. The van der Waals surface area contributed by atoms with E-state index < -0.39 is 74.4 Å². The van der Waals surface area contributed by atoms with Gasteiger partial charge in [0.15, 0.2) is 10.1 Å². The maximum atomic E-state index is 13.9. The molecule has 10 rings (SSSR count). The second-order valence-corrected chi connectivity index (χ2v) is 28.4. The molecule has 8 aromatic carbocycles. The van der Waals surface area contributed by atoms with E-state index in [0.717, 1.165) is 79.2 Å². The number of aromatic nitrogens is 4. The second-order valence-electron chi connectivity index (χ2n) is 27.0. The molecule has 554 valence electrons. The van der Waals surface area contributed by atoms with E-state index in [-0.39, 0.29) is 19.8 Å². The first-order valence-corrected chi connectivity index (χ1v) is 35.3. The van der Waals surface area contributed by atoms with E-state index in [2.05, 4.69) is 58.5 Å². The molecule has 2 aromatic heterocycles. The summed E-state index contributed by atoms with van der Waals surface area (Å²) in [5.74, 6) is -3.33. The molecule has 105 heavy (non-hydrogen) atoms. The molecular weight excluding hydrogens is 1370 g/mol. The number of aliphatic hydroxyl groups excluding tert-OH is 1. The van der Waals surface area contributed by atoms with Gasteiger partial charge < -0.3 is 42.6 Å². The van der Waals surface area contributed by atoms with Crippen molar-refractivity contribution >= 4 is 34.0 Å². The highest BCUT2D eigenvalue weighted by molar-refractivity contribution is 7.86. The first-order valence-electron chi connectivity index (χ1n) is 33.9. The summed E-state index contributed by atoms with van der Waals surface area (Å²) >= 11 is 0. The third-order valence-electron chi connectivity index (χ3n) is 16.4. The lowest BCUT2D eigenvalue weighted by Crippen LogP contribution is -2.38. The molecule has 0 fully saturated rings. The fourth-order valence-electron chi connectivity index (χ4n) is 10.9. The Kier molecular flexibility index (Phi) is 30.1. The van der Waals surface area contributed by atoms with Crippen LogP contribution in [-0.2, 0) is 114 Å². The van der Waals surface area contributed by atoms with Crippen molar-refractivity contribution in [2.75, 3.05) is 14.2 Å². The smallest absolute Gasteiger partial charge is 0.485 e. The maximum Gasteiger partial charge on any atom is 0.485 e. The van der Waals surface area contributed by atoms with Crippen molar-refractivity contribution in [3.05, 3.63) is 288 Å². The molecule has 0 saturated carbocycles. The first kappa shape index (κ1) is 81.6. The number of methoxy groups -OCH3 is 2. The topological polar surface area (TPSA) is 228 Å². The number of nitrogens with zero attached hydrogens (tertiary/aromatic N) is 4. The highest BCUT2D eigenvalue weighted by Gasteiger charge is 2.40. The Morgan fingerprint density at radius 3 is 1.09 bits per heavy atom. The number of rotatable bonds is 25. The number of aryl methyl sites for hydroxylation is 2. The Morgan fingerprint density at radius 2 is 0.810 bits per heavy atom. The normalized spacial score (nSPS) is 12.5. The molecule has 1 N–H and O–H groups in total. The number of imidazole rings is 2. The molecule has 0 unspecified atom stereocenters. The zero-order chi connectivity index (χ0) is 76.3. The number of aliphatic hydroxyl groups is 1. The first-order chi connectivity index (χ1) is 49.8. The lowest BCUT2D eigenvalue weighted by molar-refractivity contribution is -0.671. The molecule has 0 spiro atoms. The minimum atomic E-state index is -6.09. The van der Waals surface area contributed by atoms with Gasteiger partial charge in [-0.1, -0.05) is 182 Å². The van der Waals surface area contributed by atoms with Gasteiger partial charge in [-0.3, -0.25) is 19.2 Å². The van der Waals surface area contributed by atoms with Crippen LogP contribution in [0.15, 0.2) is 244 Å². The standard InChI is InChI=1S/C41H45N2O5.C37H40O6.C4H6N2.CHF3O3S/c1-41(2,3)48-40(45)38(37(25-30-9-7-6-8-10-30)39(44)47-28-33-15-21-36(46-5)22-16-33)26-31-11-17-34(18-12-31)35-19-13-32(14-20-35)27-43-24-23-42(4)29-43;1-37(2,3)43-36(40)34(23-27-10-16-30(17-11-27)31-18-12-28(24-38)13-19-31)33(22-26-8-6-5-7-9-26)35(39)42-25-29-14-20-32(41-4)21-15-29;1-6-3-2-5-4-6;2-1(3,4)8(5,6)7/h6-24,29,37-38H,25-28H2,1-5H3;5-21,33-34,38H,22-25H2,1-4H3;2-4H,1H3;(H,5,6,7)/q+1;;;/p-1/t37-,38+;33-,34+;;/m11../s1. The van der Waals surface area contributed by atoms with E-state index in [0.29, 0.717) is 25.7 Å². The van der Waals surface area contributed by atoms with Crippen molar-refractivity contribution in [2.24, 2.45) is 37.8 Å². The lowest BCUT2D eigenvalue weighted by Gasteiger charge is -2.28. The van der Waals surface area contributed by atoms with E-state index in [9.17, 15) is 37.5 Å². The molecule has 0 aliphatic carbocycles. The van der Waals surface area contributed by atoms with Gasteiger partial charge in [0.1, 0.15) is 54.9 Å². The van der Waals surface area contributed by atoms with Crippen LogP contribution in [0.2, 0.25) is 0 Å². The molecule has 0 amide bonds. The van der Waals surface area contributed by atoms with E-state index in [1.165, 1.54) is 5.56 Å². The number of carbonyl (C=O) groups excluding carboxylic acids is 4. The maximum absolute atomic E-state index is 13.9. The summed E-state index contributed by atoms with van der Waals surface area (Å²) in [4.78, 5) is 59.0. The highest BCUT2D eigenvalue weighted by atomic mass is 32.2. The molecule has 0 aliphatic rings. The van der Waals surface area contributed by atoms with E-state index in [1.807, 2.05) is 247 Å². The van der Waals surface area contributed by atoms with Crippen LogP contribution in [0.25, 0.3) is 22.3 Å². The largest absolute Gasteiger partial charge is 0.741 e. The van der Waals surface area contributed by atoms with Gasteiger partial charge >= 0.3 is 29.4 Å². The van der Waals surface area contributed by atoms with Gasteiger partial charge in [-0.05, 0) is 158 Å².